The first kappa shape index (κ1) is 16.6. The van der Waals surface area contributed by atoms with Crippen molar-refractivity contribution in [2.45, 2.75) is 5.03 Å². The van der Waals surface area contributed by atoms with Gasteiger partial charge in [-0.2, -0.15) is 0 Å². The molecule has 0 fully saturated rings. The highest BCUT2D eigenvalue weighted by molar-refractivity contribution is 9.11. The van der Waals surface area contributed by atoms with Gasteiger partial charge in [-0.05, 0) is 47.8 Å². The number of nitrogens with zero attached hydrogens (tertiary/aromatic N) is 4. The van der Waals surface area contributed by atoms with E-state index in [4.69, 9.17) is 0 Å². The van der Waals surface area contributed by atoms with Gasteiger partial charge in [-0.25, -0.2) is 28.4 Å². The average molecular weight is 475 g/mol. The van der Waals surface area contributed by atoms with E-state index in [-0.39, 0.29) is 5.03 Å². The third-order valence-corrected chi connectivity index (χ3v) is 3.76. The molecule has 0 N–H and O–H groups in total. The fraction of sp³-hybridized carbons (Fsp3) is 0.111. The number of aromatic nitrogens is 4. The smallest absolute Gasteiger partial charge is 0.194 e. The Morgan fingerprint density at radius 2 is 1.16 bits per heavy atom. The molecule has 0 aliphatic rings. The van der Waals surface area contributed by atoms with Crippen LogP contribution in [0.5, 0.6) is 0 Å². The van der Waals surface area contributed by atoms with Gasteiger partial charge in [0.05, 0.1) is 24.8 Å². The summed E-state index contributed by atoms with van der Waals surface area (Å²) in [5.74, 6) is 0. The molecule has 0 bridgehead atoms. The van der Waals surface area contributed by atoms with Crippen molar-refractivity contribution < 1.29 is 8.42 Å². The molecule has 19 heavy (non-hydrogen) atoms. The first-order valence-corrected chi connectivity index (χ1v) is 8.86. The predicted octanol–water partition coefficient (Wildman–Crippen LogP) is 2.64. The summed E-state index contributed by atoms with van der Waals surface area (Å²) in [5.41, 5.74) is 0. The summed E-state index contributed by atoms with van der Waals surface area (Å²) in [5, 5.41) is -0.0132. The SMILES string of the molecule is Brc1cnc(Br)cn1.CS(=O)(=O)c1cnc(Br)cn1. The third-order valence-electron chi connectivity index (χ3n) is 1.57. The molecule has 0 saturated carbocycles. The fourth-order valence-electron chi connectivity index (χ4n) is 0.788. The van der Waals surface area contributed by atoms with Gasteiger partial charge in [0.2, 0.25) is 0 Å². The van der Waals surface area contributed by atoms with Gasteiger partial charge < -0.3 is 0 Å². The molecular formula is C9H7Br3N4O2S. The molecule has 102 valence electrons. The molecule has 2 aromatic heterocycles. The van der Waals surface area contributed by atoms with E-state index in [1.165, 1.54) is 12.4 Å². The minimum Gasteiger partial charge on any atom is -0.245 e. The van der Waals surface area contributed by atoms with E-state index in [0.29, 0.717) is 4.60 Å². The lowest BCUT2D eigenvalue weighted by molar-refractivity contribution is 0.597. The molecule has 2 rings (SSSR count). The molecule has 6 nitrogen and oxygen atoms in total. The van der Waals surface area contributed by atoms with Gasteiger partial charge in [-0.15, -0.1) is 0 Å². The highest BCUT2D eigenvalue weighted by Gasteiger charge is 2.07. The average Bonchev–Trinajstić information content (AvgIpc) is 2.33. The van der Waals surface area contributed by atoms with Crippen molar-refractivity contribution in [1.29, 1.82) is 0 Å². The molecule has 0 radical (unpaired) electrons. The molecule has 0 aromatic carbocycles. The van der Waals surface area contributed by atoms with Crippen LogP contribution in [-0.4, -0.2) is 34.6 Å². The molecule has 0 amide bonds. The van der Waals surface area contributed by atoms with Crippen LogP contribution in [0.1, 0.15) is 0 Å². The lowest BCUT2D eigenvalue weighted by Crippen LogP contribution is -2.00. The lowest BCUT2D eigenvalue weighted by Gasteiger charge is -1.94. The van der Waals surface area contributed by atoms with Gasteiger partial charge in [-0.3, -0.25) is 0 Å². The summed E-state index contributed by atoms with van der Waals surface area (Å²) in [6, 6.07) is 0. The zero-order chi connectivity index (χ0) is 14.5. The van der Waals surface area contributed by atoms with Crippen molar-refractivity contribution in [2.24, 2.45) is 0 Å². The summed E-state index contributed by atoms with van der Waals surface area (Å²) < 4.78 is 23.7. The first-order valence-electron chi connectivity index (χ1n) is 4.59. The van der Waals surface area contributed by atoms with Crippen molar-refractivity contribution in [3.05, 3.63) is 38.6 Å². The van der Waals surface area contributed by atoms with E-state index in [9.17, 15) is 8.42 Å². The highest BCUT2D eigenvalue weighted by Crippen LogP contribution is 2.07. The molecule has 0 unspecified atom stereocenters. The number of hydrogen-bond acceptors (Lipinski definition) is 6. The molecule has 0 spiro atoms. The maximum absolute atomic E-state index is 10.8. The third kappa shape index (κ3) is 6.50. The minimum absolute atomic E-state index is 0.0132. The van der Waals surface area contributed by atoms with E-state index in [1.54, 1.807) is 12.4 Å². The van der Waals surface area contributed by atoms with E-state index in [0.717, 1.165) is 15.5 Å². The van der Waals surface area contributed by atoms with E-state index >= 15 is 0 Å². The molecule has 2 heterocycles. The van der Waals surface area contributed by atoms with Gasteiger partial charge in [0.15, 0.2) is 14.9 Å². The van der Waals surface area contributed by atoms with Gasteiger partial charge in [-0.1, -0.05) is 0 Å². The molecule has 0 aliphatic heterocycles. The minimum atomic E-state index is -3.21. The van der Waals surface area contributed by atoms with Crippen LogP contribution in [0.4, 0.5) is 0 Å². The molecule has 10 heteroatoms. The van der Waals surface area contributed by atoms with Crippen LogP contribution in [0.25, 0.3) is 0 Å². The van der Waals surface area contributed by atoms with Gasteiger partial charge in [0.25, 0.3) is 0 Å². The lowest BCUT2D eigenvalue weighted by atomic mass is 10.8. The van der Waals surface area contributed by atoms with E-state index in [2.05, 4.69) is 67.7 Å². The van der Waals surface area contributed by atoms with E-state index in [1.807, 2.05) is 0 Å². The largest absolute Gasteiger partial charge is 0.245 e. The Bertz CT molecular complexity index is 611. The maximum Gasteiger partial charge on any atom is 0.194 e. The van der Waals surface area contributed by atoms with Crippen LogP contribution >= 0.6 is 47.8 Å². The van der Waals surface area contributed by atoms with Gasteiger partial charge in [0, 0.05) is 6.26 Å². The Hall–Kier alpha value is -0.450. The number of halogens is 3. The summed E-state index contributed by atoms with van der Waals surface area (Å²) in [7, 11) is -3.21. The Morgan fingerprint density at radius 3 is 1.42 bits per heavy atom. The standard InChI is InChI=1S/C5H5BrN2O2S.C4H2Br2N2/c1-11(9,10)5-3-7-4(6)2-8-5;5-3-1-7-4(6)2-8-3/h2-3H,1H3;1-2H. The second kappa shape index (κ2) is 7.36. The molecule has 2 aromatic rings. The quantitative estimate of drug-likeness (QED) is 0.631. The van der Waals surface area contributed by atoms with Crippen LogP contribution < -0.4 is 0 Å². The highest BCUT2D eigenvalue weighted by atomic mass is 79.9. The summed E-state index contributed by atoms with van der Waals surface area (Å²) >= 11 is 9.35. The topological polar surface area (TPSA) is 85.7 Å². The monoisotopic (exact) mass is 472 g/mol. The summed E-state index contributed by atoms with van der Waals surface area (Å²) in [6.07, 6.45) is 6.90. The summed E-state index contributed by atoms with van der Waals surface area (Å²) in [6.45, 7) is 0. The second-order valence-electron chi connectivity index (χ2n) is 3.11. The normalized spacial score (nSPS) is 10.5. The van der Waals surface area contributed by atoms with Crippen LogP contribution in [-0.2, 0) is 9.84 Å². The zero-order valence-corrected chi connectivity index (χ0v) is 15.0. The Morgan fingerprint density at radius 1 is 0.789 bits per heavy atom. The van der Waals surface area contributed by atoms with Gasteiger partial charge in [0.1, 0.15) is 13.8 Å². The molecule has 0 aliphatic carbocycles. The predicted molar refractivity (Wildman–Crippen MR) is 80.3 cm³/mol. The Kier molecular flexibility index (Phi) is 6.43. The van der Waals surface area contributed by atoms with Crippen molar-refractivity contribution in [3.63, 3.8) is 0 Å². The van der Waals surface area contributed by atoms with Crippen LogP contribution in [0.2, 0.25) is 0 Å². The van der Waals surface area contributed by atoms with E-state index < -0.39 is 9.84 Å². The Balaban J connectivity index is 0.000000200. The second-order valence-corrected chi connectivity index (χ2v) is 7.51. The Labute approximate surface area is 135 Å². The van der Waals surface area contributed by atoms with Crippen molar-refractivity contribution in [2.75, 3.05) is 6.26 Å². The van der Waals surface area contributed by atoms with Crippen LogP contribution in [0.3, 0.4) is 0 Å². The van der Waals surface area contributed by atoms with Gasteiger partial charge >= 0.3 is 0 Å². The summed E-state index contributed by atoms with van der Waals surface area (Å²) in [4.78, 5) is 15.1. The van der Waals surface area contributed by atoms with Crippen LogP contribution in [0.15, 0.2) is 43.6 Å². The fourth-order valence-corrected chi connectivity index (χ4v) is 1.89. The van der Waals surface area contributed by atoms with Crippen molar-refractivity contribution in [3.8, 4) is 0 Å². The molecule has 0 saturated heterocycles. The number of sulfone groups is 1. The first-order chi connectivity index (χ1) is 8.79. The number of rotatable bonds is 1. The zero-order valence-electron chi connectivity index (χ0n) is 9.46. The van der Waals surface area contributed by atoms with Crippen molar-refractivity contribution in [1.82, 2.24) is 19.9 Å². The number of hydrogen-bond donors (Lipinski definition) is 0. The molecular weight excluding hydrogens is 468 g/mol. The molecule has 0 atom stereocenters. The maximum atomic E-state index is 10.8. The van der Waals surface area contributed by atoms with Crippen LogP contribution in [0, 0.1) is 0 Å². The van der Waals surface area contributed by atoms with Crippen molar-refractivity contribution >= 4 is 57.6 Å².